The number of hydrogen-bond acceptors (Lipinski definition) is 3. The summed E-state index contributed by atoms with van der Waals surface area (Å²) in [6, 6.07) is 9.53. The lowest BCUT2D eigenvalue weighted by molar-refractivity contribution is 0.0498. The Bertz CT molecular complexity index is 622. The summed E-state index contributed by atoms with van der Waals surface area (Å²) >= 11 is 3.50. The first kappa shape index (κ1) is 14.9. The van der Waals surface area contributed by atoms with Crippen LogP contribution in [-0.4, -0.2) is 19.7 Å². The summed E-state index contributed by atoms with van der Waals surface area (Å²) < 4.78 is 11.5. The molecule has 0 unspecified atom stereocenters. The molecule has 0 aliphatic carbocycles. The highest BCUT2D eigenvalue weighted by Gasteiger charge is 2.19. The molecule has 0 spiro atoms. The molecule has 0 amide bonds. The Kier molecular flexibility index (Phi) is 5.01. The van der Waals surface area contributed by atoms with E-state index in [9.17, 15) is 4.79 Å². The van der Waals surface area contributed by atoms with Crippen molar-refractivity contribution in [3.8, 4) is 5.75 Å². The predicted molar refractivity (Wildman–Crippen MR) is 83.4 cm³/mol. The van der Waals surface area contributed by atoms with Crippen LogP contribution in [0, 0.1) is 0 Å². The fraction of sp³-hybridized carbons (Fsp3) is 0.312. The Morgan fingerprint density at radius 2 is 2.05 bits per heavy atom. The van der Waals surface area contributed by atoms with E-state index in [0.29, 0.717) is 17.9 Å². The molecule has 106 valence electrons. The molecule has 0 fully saturated rings. The van der Waals surface area contributed by atoms with Crippen LogP contribution in [0.1, 0.15) is 30.1 Å². The van der Waals surface area contributed by atoms with Gasteiger partial charge in [-0.1, -0.05) is 47.5 Å². The summed E-state index contributed by atoms with van der Waals surface area (Å²) in [5, 5.41) is 1.80. The van der Waals surface area contributed by atoms with E-state index in [1.165, 1.54) is 0 Å². The maximum absolute atomic E-state index is 12.3. The quantitative estimate of drug-likeness (QED) is 0.592. The van der Waals surface area contributed by atoms with Gasteiger partial charge in [-0.25, -0.2) is 4.79 Å². The molecule has 2 aromatic carbocycles. The third kappa shape index (κ3) is 2.96. The van der Waals surface area contributed by atoms with Crippen molar-refractivity contribution in [1.82, 2.24) is 0 Å². The van der Waals surface area contributed by atoms with Crippen molar-refractivity contribution in [2.45, 2.75) is 19.8 Å². The lowest BCUT2D eigenvalue weighted by Crippen LogP contribution is -2.09. The van der Waals surface area contributed by atoms with Crippen molar-refractivity contribution in [1.29, 1.82) is 0 Å². The Morgan fingerprint density at radius 3 is 2.75 bits per heavy atom. The number of rotatable bonds is 5. The number of methoxy groups -OCH3 is 1. The maximum atomic E-state index is 12.3. The molecular formula is C16H17BrO3. The predicted octanol–water partition coefficient (Wildman–Crippen LogP) is 4.57. The van der Waals surface area contributed by atoms with E-state index in [1.807, 2.05) is 24.3 Å². The van der Waals surface area contributed by atoms with Gasteiger partial charge in [0.05, 0.1) is 13.7 Å². The number of halogens is 1. The van der Waals surface area contributed by atoms with Crippen molar-refractivity contribution >= 4 is 32.7 Å². The first-order valence-corrected chi connectivity index (χ1v) is 7.40. The van der Waals surface area contributed by atoms with E-state index >= 15 is 0 Å². The van der Waals surface area contributed by atoms with E-state index < -0.39 is 0 Å². The number of esters is 1. The topological polar surface area (TPSA) is 35.5 Å². The molecule has 0 bridgehead atoms. The number of fused-ring (bicyclic) bond motifs is 1. The fourth-order valence-corrected chi connectivity index (χ4v) is 2.65. The van der Waals surface area contributed by atoms with Gasteiger partial charge < -0.3 is 9.47 Å². The second-order valence-electron chi connectivity index (χ2n) is 4.47. The van der Waals surface area contributed by atoms with E-state index in [2.05, 4.69) is 22.9 Å². The molecule has 0 heterocycles. The summed E-state index contributed by atoms with van der Waals surface area (Å²) in [4.78, 5) is 12.3. The summed E-state index contributed by atoms with van der Waals surface area (Å²) in [6.45, 7) is 2.49. The Balaban J connectivity index is 2.50. The largest absolute Gasteiger partial charge is 0.496 e. The van der Waals surface area contributed by atoms with Gasteiger partial charge in [0, 0.05) is 9.86 Å². The van der Waals surface area contributed by atoms with Gasteiger partial charge in [0.25, 0.3) is 0 Å². The first-order valence-electron chi connectivity index (χ1n) is 6.61. The number of benzene rings is 2. The second-order valence-corrected chi connectivity index (χ2v) is 5.32. The smallest absolute Gasteiger partial charge is 0.342 e. The Labute approximate surface area is 127 Å². The summed E-state index contributed by atoms with van der Waals surface area (Å²) in [7, 11) is 1.56. The number of carbonyl (C=O) groups is 1. The minimum atomic E-state index is -0.340. The lowest BCUT2D eigenvalue weighted by Gasteiger charge is -2.12. The summed E-state index contributed by atoms with van der Waals surface area (Å²) in [6.07, 6.45) is 1.85. The first-order chi connectivity index (χ1) is 9.69. The van der Waals surface area contributed by atoms with Crippen molar-refractivity contribution in [2.75, 3.05) is 13.7 Å². The highest BCUT2D eigenvalue weighted by atomic mass is 79.9. The van der Waals surface area contributed by atoms with Crippen molar-refractivity contribution < 1.29 is 14.3 Å². The van der Waals surface area contributed by atoms with Gasteiger partial charge in [0.1, 0.15) is 11.3 Å². The SMILES string of the molecule is CCCCOC(=O)c1c(OC)ccc2cccc(Br)c12. The molecule has 0 saturated heterocycles. The minimum Gasteiger partial charge on any atom is -0.496 e. The van der Waals surface area contributed by atoms with Crippen LogP contribution < -0.4 is 4.74 Å². The van der Waals surface area contributed by atoms with E-state index in [0.717, 1.165) is 28.1 Å². The van der Waals surface area contributed by atoms with Gasteiger partial charge in [-0.2, -0.15) is 0 Å². The van der Waals surface area contributed by atoms with Gasteiger partial charge in [0.2, 0.25) is 0 Å². The average molecular weight is 337 g/mol. The highest BCUT2D eigenvalue weighted by molar-refractivity contribution is 9.10. The van der Waals surface area contributed by atoms with E-state index in [-0.39, 0.29) is 5.97 Å². The van der Waals surface area contributed by atoms with Crippen LogP contribution in [0.3, 0.4) is 0 Å². The standard InChI is InChI=1S/C16H17BrO3/c1-3-4-10-20-16(18)15-13(19-2)9-8-11-6-5-7-12(17)14(11)15/h5-9H,3-4,10H2,1-2H3. The van der Waals surface area contributed by atoms with Crippen LogP contribution in [0.2, 0.25) is 0 Å². The van der Waals surface area contributed by atoms with Crippen LogP contribution in [0.4, 0.5) is 0 Å². The van der Waals surface area contributed by atoms with Gasteiger partial charge in [-0.05, 0) is 23.9 Å². The van der Waals surface area contributed by atoms with Crippen molar-refractivity contribution in [3.05, 3.63) is 40.4 Å². The second kappa shape index (κ2) is 6.75. The monoisotopic (exact) mass is 336 g/mol. The lowest BCUT2D eigenvalue weighted by atomic mass is 10.0. The van der Waals surface area contributed by atoms with Gasteiger partial charge in [-0.3, -0.25) is 0 Å². The van der Waals surface area contributed by atoms with Crippen molar-refractivity contribution in [3.63, 3.8) is 0 Å². The number of carbonyl (C=O) groups excluding carboxylic acids is 1. The molecule has 2 aromatic rings. The van der Waals surface area contributed by atoms with Gasteiger partial charge in [0.15, 0.2) is 0 Å². The number of ether oxygens (including phenoxy) is 2. The third-order valence-electron chi connectivity index (χ3n) is 3.11. The molecule has 3 nitrogen and oxygen atoms in total. The van der Waals surface area contributed by atoms with Gasteiger partial charge >= 0.3 is 5.97 Å². The van der Waals surface area contributed by atoms with Crippen LogP contribution in [0.25, 0.3) is 10.8 Å². The molecule has 20 heavy (non-hydrogen) atoms. The minimum absolute atomic E-state index is 0.340. The molecule has 0 saturated carbocycles. The zero-order valence-electron chi connectivity index (χ0n) is 11.6. The molecule has 0 atom stereocenters. The molecule has 0 aliphatic heterocycles. The zero-order valence-corrected chi connectivity index (χ0v) is 13.2. The summed E-state index contributed by atoms with van der Waals surface area (Å²) in [5.41, 5.74) is 0.480. The molecule has 4 heteroatoms. The van der Waals surface area contributed by atoms with Crippen molar-refractivity contribution in [2.24, 2.45) is 0 Å². The normalized spacial score (nSPS) is 10.6. The Hall–Kier alpha value is -1.55. The van der Waals surface area contributed by atoms with Crippen LogP contribution in [-0.2, 0) is 4.74 Å². The summed E-state index contributed by atoms with van der Waals surface area (Å²) in [5.74, 6) is 0.193. The molecule has 0 radical (unpaired) electrons. The third-order valence-corrected chi connectivity index (χ3v) is 3.77. The van der Waals surface area contributed by atoms with Crippen LogP contribution in [0.15, 0.2) is 34.8 Å². The van der Waals surface area contributed by atoms with Gasteiger partial charge in [-0.15, -0.1) is 0 Å². The highest BCUT2D eigenvalue weighted by Crippen LogP contribution is 2.33. The van der Waals surface area contributed by atoms with Crippen LogP contribution in [0.5, 0.6) is 5.75 Å². The average Bonchev–Trinajstić information content (AvgIpc) is 2.46. The maximum Gasteiger partial charge on any atom is 0.342 e. The van der Waals surface area contributed by atoms with Crippen LogP contribution >= 0.6 is 15.9 Å². The molecule has 0 N–H and O–H groups in total. The number of unbranched alkanes of at least 4 members (excludes halogenated alkanes) is 1. The van der Waals surface area contributed by atoms with E-state index in [1.54, 1.807) is 13.2 Å². The molecule has 0 aromatic heterocycles. The molecule has 0 aliphatic rings. The van der Waals surface area contributed by atoms with E-state index in [4.69, 9.17) is 9.47 Å². The fourth-order valence-electron chi connectivity index (χ4n) is 2.07. The number of hydrogen-bond donors (Lipinski definition) is 0. The molecular weight excluding hydrogens is 320 g/mol. The zero-order chi connectivity index (χ0) is 14.5. The molecule has 2 rings (SSSR count). The Morgan fingerprint density at radius 1 is 1.25 bits per heavy atom.